The molecule has 2 saturated heterocycles. The Morgan fingerprint density at radius 1 is 1.27 bits per heavy atom. The number of nitrogens with zero attached hydrogens (tertiary/aromatic N) is 1. The van der Waals surface area contributed by atoms with E-state index in [0.29, 0.717) is 5.41 Å². The zero-order valence-electron chi connectivity index (χ0n) is 7.19. The monoisotopic (exact) mass is 155 g/mol. The maximum absolute atomic E-state index is 3.40. The van der Waals surface area contributed by atoms with Crippen molar-refractivity contribution in [3.05, 3.63) is 0 Å². The van der Waals surface area contributed by atoms with Gasteiger partial charge in [-0.05, 0) is 33.0 Å². The minimum atomic E-state index is 0.675. The van der Waals surface area contributed by atoms with E-state index < -0.39 is 0 Å². The quantitative estimate of drug-likeness (QED) is 0.549. The number of rotatable bonds is 1. The van der Waals surface area contributed by atoms with E-state index in [4.69, 9.17) is 0 Å². The van der Waals surface area contributed by atoms with Crippen molar-refractivity contribution in [3.63, 3.8) is 0 Å². The summed E-state index contributed by atoms with van der Waals surface area (Å²) in [4.78, 5) is 0. The molecule has 0 aromatic carbocycles. The summed E-state index contributed by atoms with van der Waals surface area (Å²) >= 11 is 0. The lowest BCUT2D eigenvalue weighted by atomic mass is 9.73. The highest BCUT2D eigenvalue weighted by Gasteiger charge is 2.42. The van der Waals surface area contributed by atoms with Gasteiger partial charge in [-0.2, -0.15) is 0 Å². The van der Waals surface area contributed by atoms with Gasteiger partial charge in [0.05, 0.1) is 0 Å². The Morgan fingerprint density at radius 2 is 1.91 bits per heavy atom. The van der Waals surface area contributed by atoms with Crippen LogP contribution < -0.4 is 10.7 Å². The molecule has 0 aliphatic carbocycles. The molecule has 2 heterocycles. The molecule has 1 spiro atoms. The molecule has 0 bridgehead atoms. The Morgan fingerprint density at radius 3 is 2.45 bits per heavy atom. The molecule has 2 aliphatic rings. The minimum Gasteiger partial charge on any atom is -0.317 e. The van der Waals surface area contributed by atoms with Gasteiger partial charge in [0.1, 0.15) is 0 Å². The van der Waals surface area contributed by atoms with Crippen molar-refractivity contribution in [2.45, 2.75) is 12.8 Å². The van der Waals surface area contributed by atoms with Crippen molar-refractivity contribution in [2.24, 2.45) is 5.41 Å². The molecule has 2 rings (SSSR count). The number of nitrogens with one attached hydrogen (secondary N) is 2. The van der Waals surface area contributed by atoms with Crippen molar-refractivity contribution < 1.29 is 0 Å². The van der Waals surface area contributed by atoms with Crippen LogP contribution in [0.3, 0.4) is 0 Å². The molecule has 2 N–H and O–H groups in total. The molecule has 0 radical (unpaired) electrons. The zero-order valence-corrected chi connectivity index (χ0v) is 7.19. The van der Waals surface area contributed by atoms with Crippen molar-refractivity contribution >= 4 is 0 Å². The smallest absolute Gasteiger partial charge is 0.0201 e. The van der Waals surface area contributed by atoms with Gasteiger partial charge in [0, 0.05) is 18.5 Å². The molecule has 0 amide bonds. The van der Waals surface area contributed by atoms with Gasteiger partial charge in [0.15, 0.2) is 0 Å². The van der Waals surface area contributed by atoms with Crippen molar-refractivity contribution in [1.82, 2.24) is 15.8 Å². The van der Waals surface area contributed by atoms with Gasteiger partial charge in [-0.25, -0.2) is 5.01 Å². The predicted octanol–water partition coefficient (Wildman–Crippen LogP) is -0.194. The van der Waals surface area contributed by atoms with E-state index in [1.54, 1.807) is 0 Å². The van der Waals surface area contributed by atoms with E-state index in [-0.39, 0.29) is 0 Å². The maximum Gasteiger partial charge on any atom is 0.0201 e. The van der Waals surface area contributed by atoms with E-state index in [0.717, 1.165) is 0 Å². The third kappa shape index (κ3) is 1.28. The predicted molar refractivity (Wildman–Crippen MR) is 45.2 cm³/mol. The van der Waals surface area contributed by atoms with Crippen LogP contribution in [-0.4, -0.2) is 38.2 Å². The van der Waals surface area contributed by atoms with Crippen LogP contribution in [0.5, 0.6) is 0 Å². The summed E-state index contributed by atoms with van der Waals surface area (Å²) in [5.41, 5.74) is 3.86. The minimum absolute atomic E-state index is 0.675. The normalized spacial score (nSPS) is 30.3. The van der Waals surface area contributed by atoms with Crippen molar-refractivity contribution in [1.29, 1.82) is 0 Å². The van der Waals surface area contributed by atoms with Gasteiger partial charge in [-0.3, -0.25) is 5.43 Å². The molecule has 11 heavy (non-hydrogen) atoms. The van der Waals surface area contributed by atoms with E-state index >= 15 is 0 Å². The SMILES string of the molecule is CNN1CC2(CCNCC2)C1. The Hall–Kier alpha value is -0.120. The van der Waals surface area contributed by atoms with Gasteiger partial charge >= 0.3 is 0 Å². The van der Waals surface area contributed by atoms with Gasteiger partial charge in [0.2, 0.25) is 0 Å². The van der Waals surface area contributed by atoms with Crippen LogP contribution in [0, 0.1) is 5.41 Å². The Bertz CT molecular complexity index is 132. The largest absolute Gasteiger partial charge is 0.317 e. The number of hydrazine groups is 1. The van der Waals surface area contributed by atoms with Crippen LogP contribution in [0.25, 0.3) is 0 Å². The van der Waals surface area contributed by atoms with Crippen molar-refractivity contribution in [3.8, 4) is 0 Å². The summed E-state index contributed by atoms with van der Waals surface area (Å²) in [7, 11) is 2.01. The Balaban J connectivity index is 1.84. The highest BCUT2D eigenvalue weighted by molar-refractivity contribution is 4.95. The first kappa shape index (κ1) is 7.53. The molecule has 0 atom stereocenters. The summed E-state index contributed by atoms with van der Waals surface area (Å²) in [6.07, 6.45) is 2.73. The van der Waals surface area contributed by atoms with Gasteiger partial charge < -0.3 is 5.32 Å². The zero-order chi connectivity index (χ0) is 7.73. The second-order valence-corrected chi connectivity index (χ2v) is 3.83. The average Bonchev–Trinajstić information content (AvgIpc) is 2.01. The fourth-order valence-corrected chi connectivity index (χ4v) is 2.19. The molecule has 0 saturated carbocycles. The first-order valence-corrected chi connectivity index (χ1v) is 4.48. The van der Waals surface area contributed by atoms with Crippen LogP contribution in [0.2, 0.25) is 0 Å². The topological polar surface area (TPSA) is 27.3 Å². The second kappa shape index (κ2) is 2.73. The number of piperidine rings is 1. The first-order chi connectivity index (χ1) is 5.35. The molecule has 0 aromatic heterocycles. The van der Waals surface area contributed by atoms with E-state index in [9.17, 15) is 0 Å². The molecule has 2 aliphatic heterocycles. The molecule has 0 unspecified atom stereocenters. The fourth-order valence-electron chi connectivity index (χ4n) is 2.19. The highest BCUT2D eigenvalue weighted by atomic mass is 15.5. The van der Waals surface area contributed by atoms with Crippen molar-refractivity contribution in [2.75, 3.05) is 33.2 Å². The van der Waals surface area contributed by atoms with Gasteiger partial charge in [0.25, 0.3) is 0 Å². The second-order valence-electron chi connectivity index (χ2n) is 3.83. The lowest BCUT2D eigenvalue weighted by molar-refractivity contribution is -0.0514. The van der Waals surface area contributed by atoms with Crippen LogP contribution in [0.4, 0.5) is 0 Å². The summed E-state index contributed by atoms with van der Waals surface area (Å²) in [5, 5.41) is 5.70. The van der Waals surface area contributed by atoms with Crippen LogP contribution >= 0.6 is 0 Å². The van der Waals surface area contributed by atoms with Gasteiger partial charge in [-0.15, -0.1) is 0 Å². The fraction of sp³-hybridized carbons (Fsp3) is 1.00. The molecular weight excluding hydrogens is 138 g/mol. The number of hydrogen-bond acceptors (Lipinski definition) is 3. The van der Waals surface area contributed by atoms with E-state index in [2.05, 4.69) is 15.8 Å². The first-order valence-electron chi connectivity index (χ1n) is 4.48. The summed E-state index contributed by atoms with van der Waals surface area (Å²) in [6.45, 7) is 4.95. The summed E-state index contributed by atoms with van der Waals surface area (Å²) in [6, 6.07) is 0. The highest BCUT2D eigenvalue weighted by Crippen LogP contribution is 2.37. The Labute approximate surface area is 68.1 Å². The van der Waals surface area contributed by atoms with E-state index in [1.807, 2.05) is 7.05 Å². The van der Waals surface area contributed by atoms with E-state index in [1.165, 1.54) is 39.0 Å². The standard InChI is InChI=1S/C8H17N3/c1-9-11-6-8(7-11)2-4-10-5-3-8/h9-10H,2-7H2,1H3. The van der Waals surface area contributed by atoms with Crippen LogP contribution in [0.1, 0.15) is 12.8 Å². The lowest BCUT2D eigenvalue weighted by Gasteiger charge is -2.52. The summed E-state index contributed by atoms with van der Waals surface area (Å²) in [5.74, 6) is 0. The molecule has 64 valence electrons. The number of hydrogen-bond donors (Lipinski definition) is 2. The lowest BCUT2D eigenvalue weighted by Crippen LogP contribution is -2.63. The molecule has 3 nitrogen and oxygen atoms in total. The molecule has 0 aromatic rings. The van der Waals surface area contributed by atoms with Gasteiger partial charge in [-0.1, -0.05) is 0 Å². The third-order valence-electron chi connectivity index (χ3n) is 3.03. The molecular formula is C8H17N3. The molecule has 2 fully saturated rings. The van der Waals surface area contributed by atoms with Crippen LogP contribution in [0.15, 0.2) is 0 Å². The average molecular weight is 155 g/mol. The third-order valence-corrected chi connectivity index (χ3v) is 3.03. The molecule has 3 heteroatoms. The van der Waals surface area contributed by atoms with Crippen LogP contribution in [-0.2, 0) is 0 Å². The summed E-state index contributed by atoms with van der Waals surface area (Å²) < 4.78 is 0. The maximum atomic E-state index is 3.40. The Kier molecular flexibility index (Phi) is 1.87.